The third kappa shape index (κ3) is 7.28. The van der Waals surface area contributed by atoms with Crippen molar-refractivity contribution in [2.75, 3.05) is 20.3 Å². The van der Waals surface area contributed by atoms with Crippen LogP contribution in [0.5, 0.6) is 11.5 Å². The van der Waals surface area contributed by atoms with Crippen molar-refractivity contribution in [2.45, 2.75) is 38.5 Å². The third-order valence-corrected chi connectivity index (χ3v) is 5.92. The van der Waals surface area contributed by atoms with Crippen LogP contribution in [0.3, 0.4) is 0 Å². The molecule has 1 heterocycles. The Balaban J connectivity index is 1.21. The van der Waals surface area contributed by atoms with Gasteiger partial charge < -0.3 is 24.6 Å². The molecule has 3 N–H and O–H groups in total. The topological polar surface area (TPSA) is 119 Å². The van der Waals surface area contributed by atoms with Crippen molar-refractivity contribution in [1.29, 1.82) is 0 Å². The number of carbonyl (C=O) groups is 1. The fourth-order valence-electron chi connectivity index (χ4n) is 3.90. The van der Waals surface area contributed by atoms with Crippen LogP contribution in [0.15, 0.2) is 66.7 Å². The number of nitrogens with zero attached hydrogens (tertiary/aromatic N) is 2. The molecule has 9 nitrogen and oxygen atoms in total. The highest BCUT2D eigenvalue weighted by molar-refractivity contribution is 5.89. The number of hydrogen-bond acceptors (Lipinski definition) is 8. The van der Waals surface area contributed by atoms with E-state index in [4.69, 9.17) is 14.2 Å². The molecule has 37 heavy (non-hydrogen) atoms. The number of aromatic amines is 1. The molecule has 9 heteroatoms. The number of methoxy groups -OCH3 is 1. The molecule has 194 valence electrons. The van der Waals surface area contributed by atoms with Crippen LogP contribution in [-0.4, -0.2) is 58.4 Å². The van der Waals surface area contributed by atoms with E-state index >= 15 is 0 Å². The molecule has 0 radical (unpaired) electrons. The number of fused-ring (bicyclic) bond motifs is 1. The van der Waals surface area contributed by atoms with Gasteiger partial charge in [0.15, 0.2) is 5.52 Å². The lowest BCUT2D eigenvalue weighted by Gasteiger charge is -2.28. The number of nitrogens with one attached hydrogen (secondary N) is 2. The maximum Gasteiger partial charge on any atom is 0.337 e. The monoisotopic (exact) mass is 504 g/mol. The molecular formula is C28H32N4O5. The molecule has 1 aromatic heterocycles. The minimum atomic E-state index is -0.682. The van der Waals surface area contributed by atoms with E-state index in [1.54, 1.807) is 12.1 Å². The molecule has 3 aromatic carbocycles. The van der Waals surface area contributed by atoms with Crippen molar-refractivity contribution in [3.05, 3.63) is 83.4 Å². The van der Waals surface area contributed by atoms with Crippen molar-refractivity contribution in [1.82, 2.24) is 20.7 Å². The Bertz CT molecular complexity index is 1300. The molecule has 0 unspecified atom stereocenters. The van der Waals surface area contributed by atoms with Gasteiger partial charge in [-0.15, -0.1) is 5.10 Å². The van der Waals surface area contributed by atoms with E-state index in [1.807, 2.05) is 54.6 Å². The fourth-order valence-corrected chi connectivity index (χ4v) is 3.90. The van der Waals surface area contributed by atoms with Gasteiger partial charge in [0.1, 0.15) is 30.8 Å². The molecule has 0 aliphatic heterocycles. The van der Waals surface area contributed by atoms with Crippen molar-refractivity contribution in [3.8, 4) is 11.5 Å². The molecule has 0 bridgehead atoms. The number of carbonyl (C=O) groups excluding carboxylic acids is 1. The van der Waals surface area contributed by atoms with Gasteiger partial charge in [0.2, 0.25) is 0 Å². The Kier molecular flexibility index (Phi) is 8.37. The van der Waals surface area contributed by atoms with E-state index < -0.39 is 6.10 Å². The van der Waals surface area contributed by atoms with Crippen LogP contribution in [0.2, 0.25) is 0 Å². The van der Waals surface area contributed by atoms with Crippen molar-refractivity contribution < 1.29 is 24.1 Å². The summed E-state index contributed by atoms with van der Waals surface area (Å²) in [5.41, 5.74) is 3.81. The van der Waals surface area contributed by atoms with Crippen molar-refractivity contribution >= 4 is 17.0 Å². The summed E-state index contributed by atoms with van der Waals surface area (Å²) in [6, 6.07) is 20.6. The zero-order valence-corrected chi connectivity index (χ0v) is 21.2. The highest BCUT2D eigenvalue weighted by Crippen LogP contribution is 2.22. The summed E-state index contributed by atoms with van der Waals surface area (Å²) in [4.78, 5) is 11.5. The normalized spacial score (nSPS) is 12.3. The molecule has 0 fully saturated rings. The predicted molar refractivity (Wildman–Crippen MR) is 140 cm³/mol. The molecule has 0 saturated heterocycles. The summed E-state index contributed by atoms with van der Waals surface area (Å²) in [5.74, 6) is 0.996. The summed E-state index contributed by atoms with van der Waals surface area (Å²) in [7, 11) is 1.36. The van der Waals surface area contributed by atoms with Gasteiger partial charge in [0.25, 0.3) is 0 Å². The van der Waals surface area contributed by atoms with Gasteiger partial charge in [-0.05, 0) is 67.8 Å². The van der Waals surface area contributed by atoms with Crippen LogP contribution >= 0.6 is 0 Å². The van der Waals surface area contributed by atoms with E-state index in [0.717, 1.165) is 28.8 Å². The lowest BCUT2D eigenvalue weighted by molar-refractivity contribution is 0.0600. The number of esters is 1. The first-order valence-electron chi connectivity index (χ1n) is 12.1. The Morgan fingerprint density at radius 1 is 1.03 bits per heavy atom. The van der Waals surface area contributed by atoms with Crippen molar-refractivity contribution in [2.24, 2.45) is 0 Å². The molecule has 0 amide bonds. The number of hydrogen-bond donors (Lipinski definition) is 3. The van der Waals surface area contributed by atoms with Gasteiger partial charge in [-0.3, -0.25) is 5.10 Å². The molecule has 1 atom stereocenters. The predicted octanol–water partition coefficient (Wildman–Crippen LogP) is 3.67. The highest BCUT2D eigenvalue weighted by atomic mass is 16.5. The van der Waals surface area contributed by atoms with Crippen LogP contribution in [0, 0.1) is 0 Å². The number of β-amino-alcohol motifs (C(OH)–C–C–N with tert-alkyl or cyclic N) is 1. The minimum absolute atomic E-state index is 0.145. The van der Waals surface area contributed by atoms with E-state index in [1.165, 1.54) is 7.11 Å². The SMILES string of the molecule is COC(=O)c1ccc(COc2ccc(CC(C)(C)NC[C@H](O)COc3cccc4[nH]nnc34)cc2)cc1. The van der Waals surface area contributed by atoms with Crippen LogP contribution in [-0.2, 0) is 17.8 Å². The molecule has 0 saturated carbocycles. The highest BCUT2D eigenvalue weighted by Gasteiger charge is 2.20. The Morgan fingerprint density at radius 3 is 2.49 bits per heavy atom. The van der Waals surface area contributed by atoms with Gasteiger partial charge in [-0.25, -0.2) is 4.79 Å². The largest absolute Gasteiger partial charge is 0.489 e. The van der Waals surface area contributed by atoms with Gasteiger partial charge in [-0.1, -0.05) is 35.5 Å². The number of ether oxygens (including phenoxy) is 3. The number of rotatable bonds is 12. The van der Waals surface area contributed by atoms with Gasteiger partial charge >= 0.3 is 5.97 Å². The molecule has 0 spiro atoms. The Labute approximate surface area is 215 Å². The first-order chi connectivity index (χ1) is 17.8. The standard InChI is InChI=1S/C28H32N4O5/c1-28(2,29-16-22(33)18-37-25-6-4-5-24-26(25)31-32-30-24)15-19-9-13-23(14-10-19)36-17-20-7-11-21(12-8-20)27(34)35-3/h4-14,22,29,33H,15-18H2,1-3H3,(H,30,31,32)/t22-/m0/s1. The summed E-state index contributed by atoms with van der Waals surface area (Å²) in [6.45, 7) is 5.13. The van der Waals surface area contributed by atoms with Crippen LogP contribution in [0.25, 0.3) is 11.0 Å². The van der Waals surface area contributed by atoms with Gasteiger partial charge in [0, 0.05) is 12.1 Å². The lowest BCUT2D eigenvalue weighted by atomic mass is 9.94. The Hall–Kier alpha value is -3.95. The van der Waals surface area contributed by atoms with E-state index in [2.05, 4.69) is 34.6 Å². The van der Waals surface area contributed by atoms with E-state index in [0.29, 0.717) is 30.0 Å². The summed E-state index contributed by atoms with van der Waals surface area (Å²) in [5, 5.41) is 24.5. The molecule has 0 aliphatic rings. The second kappa shape index (κ2) is 11.9. The van der Waals surface area contributed by atoms with Crippen LogP contribution < -0.4 is 14.8 Å². The minimum Gasteiger partial charge on any atom is -0.489 e. The fraction of sp³-hybridized carbons (Fsp3) is 0.321. The first kappa shape index (κ1) is 26.1. The number of aromatic nitrogens is 3. The average Bonchev–Trinajstić information content (AvgIpc) is 3.40. The maximum absolute atomic E-state index is 11.5. The van der Waals surface area contributed by atoms with Crippen LogP contribution in [0.1, 0.15) is 35.3 Å². The zero-order chi connectivity index (χ0) is 26.3. The first-order valence-corrected chi connectivity index (χ1v) is 12.1. The average molecular weight is 505 g/mol. The smallest absolute Gasteiger partial charge is 0.337 e. The summed E-state index contributed by atoms with van der Waals surface area (Å²) >= 11 is 0. The van der Waals surface area contributed by atoms with E-state index in [-0.39, 0.29) is 18.1 Å². The summed E-state index contributed by atoms with van der Waals surface area (Å²) < 4.78 is 16.4. The number of aliphatic hydroxyl groups excluding tert-OH is 1. The Morgan fingerprint density at radius 2 is 1.76 bits per heavy atom. The summed E-state index contributed by atoms with van der Waals surface area (Å²) in [6.07, 6.45) is 0.0903. The van der Waals surface area contributed by atoms with Gasteiger partial charge in [-0.2, -0.15) is 0 Å². The number of H-pyrrole nitrogens is 1. The quantitative estimate of drug-likeness (QED) is 0.250. The van der Waals surface area contributed by atoms with Crippen LogP contribution in [0.4, 0.5) is 0 Å². The van der Waals surface area contributed by atoms with Crippen molar-refractivity contribution in [3.63, 3.8) is 0 Å². The molecule has 4 rings (SSSR count). The number of aliphatic hydroxyl groups is 1. The van der Waals surface area contributed by atoms with Gasteiger partial charge in [0.05, 0.1) is 18.2 Å². The lowest BCUT2D eigenvalue weighted by Crippen LogP contribution is -2.46. The number of benzene rings is 3. The maximum atomic E-state index is 11.5. The molecule has 0 aliphatic carbocycles. The second-order valence-corrected chi connectivity index (χ2v) is 9.49. The van der Waals surface area contributed by atoms with E-state index in [9.17, 15) is 9.90 Å². The molecular weight excluding hydrogens is 472 g/mol. The second-order valence-electron chi connectivity index (χ2n) is 9.49. The molecule has 4 aromatic rings. The third-order valence-electron chi connectivity index (χ3n) is 5.92. The zero-order valence-electron chi connectivity index (χ0n) is 21.2.